The number of para-hydroxylation sites is 1. The number of nitrogens with one attached hydrogen (secondary N) is 2. The van der Waals surface area contributed by atoms with Gasteiger partial charge in [0.15, 0.2) is 0 Å². The Morgan fingerprint density at radius 2 is 1.77 bits per heavy atom. The summed E-state index contributed by atoms with van der Waals surface area (Å²) in [6.07, 6.45) is 2.46. The summed E-state index contributed by atoms with van der Waals surface area (Å²) < 4.78 is 34.1. The molecule has 0 bridgehead atoms. The molecule has 1 saturated carbocycles. The van der Waals surface area contributed by atoms with E-state index in [-0.39, 0.29) is 42.4 Å². The summed E-state index contributed by atoms with van der Waals surface area (Å²) in [5.74, 6) is -0.313. The van der Waals surface area contributed by atoms with Crippen LogP contribution in [0, 0.1) is 0 Å². The monoisotopic (exact) mass is 383 g/mol. The van der Waals surface area contributed by atoms with Crippen molar-refractivity contribution in [3.63, 3.8) is 0 Å². The van der Waals surface area contributed by atoms with E-state index in [2.05, 4.69) is 10.0 Å². The highest BCUT2D eigenvalue weighted by atomic mass is 32.2. The van der Waals surface area contributed by atoms with Crippen molar-refractivity contribution in [2.75, 3.05) is 31.0 Å². The Morgan fingerprint density at radius 1 is 1.12 bits per heavy atom. The number of aliphatic hydroxyl groups excluding tert-OH is 1. The number of morpholine rings is 1. The number of rotatable bonds is 5. The number of carbonyl (C=O) groups excluding carboxylic acids is 1. The molecule has 0 radical (unpaired) electrons. The number of aliphatic hydroxyl groups is 1. The molecule has 1 heterocycles. The number of anilines is 1. The van der Waals surface area contributed by atoms with E-state index >= 15 is 0 Å². The minimum Gasteiger partial charge on any atom is -0.393 e. The fourth-order valence-corrected chi connectivity index (χ4v) is 4.46. The second-order valence-corrected chi connectivity index (χ2v) is 8.31. The van der Waals surface area contributed by atoms with Crippen LogP contribution in [0.4, 0.5) is 5.69 Å². The van der Waals surface area contributed by atoms with E-state index in [0.29, 0.717) is 38.9 Å². The average Bonchev–Trinajstić information content (AvgIpc) is 2.64. The molecule has 1 aliphatic carbocycles. The van der Waals surface area contributed by atoms with Gasteiger partial charge in [0.1, 0.15) is 0 Å². The summed E-state index contributed by atoms with van der Waals surface area (Å²) in [5.41, 5.74) is 0.544. The molecule has 0 spiro atoms. The van der Waals surface area contributed by atoms with Gasteiger partial charge in [-0.15, -0.1) is 0 Å². The van der Waals surface area contributed by atoms with Crippen molar-refractivity contribution in [3.05, 3.63) is 29.8 Å². The molecule has 0 unspecified atom stereocenters. The lowest BCUT2D eigenvalue weighted by Gasteiger charge is -2.28. The van der Waals surface area contributed by atoms with E-state index in [1.165, 1.54) is 4.31 Å². The van der Waals surface area contributed by atoms with Gasteiger partial charge < -0.3 is 15.2 Å². The third-order valence-corrected chi connectivity index (χ3v) is 6.28. The molecule has 144 valence electrons. The normalized spacial score (nSPS) is 24.8. The lowest BCUT2D eigenvalue weighted by molar-refractivity contribution is 0.0733. The average molecular weight is 383 g/mol. The molecule has 1 aromatic rings. The molecule has 0 aromatic heterocycles. The third-order valence-electron chi connectivity index (χ3n) is 4.75. The Morgan fingerprint density at radius 3 is 2.46 bits per heavy atom. The maximum Gasteiger partial charge on any atom is 0.301 e. The van der Waals surface area contributed by atoms with Gasteiger partial charge in [0, 0.05) is 19.1 Å². The van der Waals surface area contributed by atoms with Gasteiger partial charge in [0.2, 0.25) is 0 Å². The number of carbonyl (C=O) groups is 1. The van der Waals surface area contributed by atoms with Gasteiger partial charge in [0.05, 0.1) is 30.6 Å². The summed E-state index contributed by atoms with van der Waals surface area (Å²) in [6, 6.07) is 6.56. The second-order valence-electron chi connectivity index (χ2n) is 6.64. The van der Waals surface area contributed by atoms with Crippen molar-refractivity contribution in [3.8, 4) is 0 Å². The highest BCUT2D eigenvalue weighted by Crippen LogP contribution is 2.21. The Kier molecular flexibility index (Phi) is 6.13. The van der Waals surface area contributed by atoms with Gasteiger partial charge in [0.25, 0.3) is 5.91 Å². The predicted molar refractivity (Wildman–Crippen MR) is 97.1 cm³/mol. The molecule has 2 fully saturated rings. The first-order valence-electron chi connectivity index (χ1n) is 8.89. The van der Waals surface area contributed by atoms with Crippen LogP contribution in [0.15, 0.2) is 24.3 Å². The maximum atomic E-state index is 12.6. The van der Waals surface area contributed by atoms with Crippen molar-refractivity contribution in [1.82, 2.24) is 9.62 Å². The molecule has 9 heteroatoms. The maximum absolute atomic E-state index is 12.6. The molecule has 1 amide bonds. The number of benzene rings is 1. The van der Waals surface area contributed by atoms with E-state index in [4.69, 9.17) is 4.74 Å². The van der Waals surface area contributed by atoms with Gasteiger partial charge in [-0.25, -0.2) is 0 Å². The van der Waals surface area contributed by atoms with E-state index < -0.39 is 10.2 Å². The SMILES string of the molecule is O=C(NC1CCC(O)CC1)c1ccccc1NS(=O)(=O)N1CCOCC1. The number of nitrogens with zero attached hydrogens (tertiary/aromatic N) is 1. The van der Waals surface area contributed by atoms with E-state index in [1.807, 2.05) is 0 Å². The van der Waals surface area contributed by atoms with Crippen LogP contribution in [-0.2, 0) is 14.9 Å². The van der Waals surface area contributed by atoms with E-state index in [0.717, 1.165) is 0 Å². The molecule has 3 N–H and O–H groups in total. The number of ether oxygens (including phenoxy) is 1. The number of hydrogen-bond donors (Lipinski definition) is 3. The van der Waals surface area contributed by atoms with Crippen molar-refractivity contribution in [2.45, 2.75) is 37.8 Å². The van der Waals surface area contributed by atoms with Crippen LogP contribution >= 0.6 is 0 Å². The first-order valence-corrected chi connectivity index (χ1v) is 10.3. The third kappa shape index (κ3) is 4.73. The second kappa shape index (κ2) is 8.34. The summed E-state index contributed by atoms with van der Waals surface area (Å²) in [5, 5.41) is 12.5. The van der Waals surface area contributed by atoms with Crippen molar-refractivity contribution < 1.29 is 23.1 Å². The molecular formula is C17H25N3O5S. The van der Waals surface area contributed by atoms with Crippen LogP contribution in [0.1, 0.15) is 36.0 Å². The molecule has 26 heavy (non-hydrogen) atoms. The zero-order chi connectivity index (χ0) is 18.6. The standard InChI is InChI=1S/C17H25N3O5S/c21-14-7-5-13(6-8-14)18-17(22)15-3-1-2-4-16(15)19-26(23,24)20-9-11-25-12-10-20/h1-4,13-14,19,21H,5-12H2,(H,18,22). The highest BCUT2D eigenvalue weighted by Gasteiger charge is 2.27. The van der Waals surface area contributed by atoms with Gasteiger partial charge in [-0.05, 0) is 37.8 Å². The minimum absolute atomic E-state index is 0.00481. The van der Waals surface area contributed by atoms with Gasteiger partial charge in [-0.1, -0.05) is 12.1 Å². The largest absolute Gasteiger partial charge is 0.393 e. The predicted octanol–water partition coefficient (Wildman–Crippen LogP) is 0.709. The van der Waals surface area contributed by atoms with Crippen LogP contribution in [0.2, 0.25) is 0 Å². The lowest BCUT2D eigenvalue weighted by atomic mass is 9.93. The summed E-state index contributed by atoms with van der Waals surface area (Å²) in [6.45, 7) is 1.29. The highest BCUT2D eigenvalue weighted by molar-refractivity contribution is 7.90. The van der Waals surface area contributed by atoms with Crippen molar-refractivity contribution >= 4 is 21.8 Å². The van der Waals surface area contributed by atoms with Crippen LogP contribution in [-0.4, -0.2) is 62.2 Å². The first-order chi connectivity index (χ1) is 12.5. The van der Waals surface area contributed by atoms with Gasteiger partial charge in [-0.3, -0.25) is 9.52 Å². The Labute approximate surface area is 153 Å². The quantitative estimate of drug-likeness (QED) is 0.694. The zero-order valence-corrected chi connectivity index (χ0v) is 15.4. The molecule has 2 aliphatic rings. The summed E-state index contributed by atoms with van der Waals surface area (Å²) in [4.78, 5) is 12.6. The van der Waals surface area contributed by atoms with Crippen LogP contribution < -0.4 is 10.0 Å². The molecule has 1 saturated heterocycles. The molecule has 8 nitrogen and oxygen atoms in total. The molecular weight excluding hydrogens is 358 g/mol. The number of hydrogen-bond acceptors (Lipinski definition) is 5. The lowest BCUT2D eigenvalue weighted by Crippen LogP contribution is -2.44. The van der Waals surface area contributed by atoms with E-state index in [1.54, 1.807) is 24.3 Å². The minimum atomic E-state index is -3.74. The molecule has 0 atom stereocenters. The zero-order valence-electron chi connectivity index (χ0n) is 14.6. The Hall–Kier alpha value is -1.68. The van der Waals surface area contributed by atoms with Crippen molar-refractivity contribution in [2.24, 2.45) is 0 Å². The van der Waals surface area contributed by atoms with Gasteiger partial charge in [-0.2, -0.15) is 12.7 Å². The van der Waals surface area contributed by atoms with E-state index in [9.17, 15) is 18.3 Å². The number of amides is 1. The van der Waals surface area contributed by atoms with Crippen LogP contribution in [0.3, 0.4) is 0 Å². The summed E-state index contributed by atoms with van der Waals surface area (Å²) >= 11 is 0. The Bertz CT molecular complexity index is 726. The van der Waals surface area contributed by atoms with Gasteiger partial charge >= 0.3 is 10.2 Å². The smallest absolute Gasteiger partial charge is 0.301 e. The summed E-state index contributed by atoms with van der Waals surface area (Å²) in [7, 11) is -3.74. The topological polar surface area (TPSA) is 108 Å². The fourth-order valence-electron chi connectivity index (χ4n) is 3.24. The van der Waals surface area contributed by atoms with Crippen LogP contribution in [0.25, 0.3) is 0 Å². The Balaban J connectivity index is 1.70. The van der Waals surface area contributed by atoms with Crippen LogP contribution in [0.5, 0.6) is 0 Å². The molecule has 1 aliphatic heterocycles. The molecule has 1 aromatic carbocycles. The van der Waals surface area contributed by atoms with Crippen molar-refractivity contribution in [1.29, 1.82) is 0 Å². The fraction of sp³-hybridized carbons (Fsp3) is 0.588. The molecule has 3 rings (SSSR count). The first kappa shape index (κ1) is 19.1.